The summed E-state index contributed by atoms with van der Waals surface area (Å²) in [7, 11) is -3.78. The standard InChI is InChI=1S/C23H28FN5O4S/c24-18-10-8-16(9-11-18)22(30)29-21(7-3-4-13-28-34(25,32)33)23(31)26-14-12-17-15-27-20-6-2-1-5-19(17)20/h1-2,5-6,8-11,15,21,27-28H,3-4,7,12-14H2,(H,26,31)(H,29,30)(H2,25,32,33). The van der Waals surface area contributed by atoms with Gasteiger partial charge in [-0.05, 0) is 61.6 Å². The van der Waals surface area contributed by atoms with Gasteiger partial charge >= 0.3 is 0 Å². The van der Waals surface area contributed by atoms with E-state index in [1.807, 2.05) is 30.5 Å². The van der Waals surface area contributed by atoms with Gasteiger partial charge in [0.25, 0.3) is 16.1 Å². The average Bonchev–Trinajstić information content (AvgIpc) is 3.20. The molecule has 6 N–H and O–H groups in total. The minimum absolute atomic E-state index is 0.125. The number of para-hydroxylation sites is 1. The van der Waals surface area contributed by atoms with Crippen LogP contribution in [0, 0.1) is 5.82 Å². The highest BCUT2D eigenvalue weighted by Gasteiger charge is 2.21. The molecule has 0 saturated carbocycles. The van der Waals surface area contributed by atoms with Gasteiger partial charge in [0.15, 0.2) is 0 Å². The van der Waals surface area contributed by atoms with Crippen LogP contribution in [0.25, 0.3) is 10.9 Å². The van der Waals surface area contributed by atoms with E-state index in [4.69, 9.17) is 5.14 Å². The van der Waals surface area contributed by atoms with E-state index in [9.17, 15) is 22.4 Å². The van der Waals surface area contributed by atoms with Crippen LogP contribution in [-0.2, 0) is 21.4 Å². The first-order valence-corrected chi connectivity index (χ1v) is 12.4. The number of carbonyl (C=O) groups excluding carboxylic acids is 2. The third-order valence-corrected chi connectivity index (χ3v) is 5.93. The molecule has 3 rings (SSSR count). The molecule has 9 nitrogen and oxygen atoms in total. The van der Waals surface area contributed by atoms with Crippen LogP contribution in [0.3, 0.4) is 0 Å². The molecule has 1 unspecified atom stereocenters. The molecule has 0 spiro atoms. The Balaban J connectivity index is 1.57. The van der Waals surface area contributed by atoms with Gasteiger partial charge in [-0.15, -0.1) is 0 Å². The van der Waals surface area contributed by atoms with Gasteiger partial charge in [0.1, 0.15) is 11.9 Å². The maximum atomic E-state index is 13.2. The van der Waals surface area contributed by atoms with Gasteiger partial charge in [0.2, 0.25) is 5.91 Å². The molecule has 182 valence electrons. The fourth-order valence-electron chi connectivity index (χ4n) is 3.58. The van der Waals surface area contributed by atoms with Crippen LogP contribution in [0.1, 0.15) is 35.2 Å². The molecule has 0 radical (unpaired) electrons. The Morgan fingerprint density at radius 3 is 2.50 bits per heavy atom. The van der Waals surface area contributed by atoms with Crippen molar-refractivity contribution in [3.63, 3.8) is 0 Å². The number of aromatic nitrogens is 1. The van der Waals surface area contributed by atoms with Crippen molar-refractivity contribution in [3.05, 3.63) is 71.7 Å². The van der Waals surface area contributed by atoms with E-state index < -0.39 is 28.0 Å². The first kappa shape index (κ1) is 25.3. The van der Waals surface area contributed by atoms with Crippen LogP contribution in [0.4, 0.5) is 4.39 Å². The third-order valence-electron chi connectivity index (χ3n) is 5.32. The highest BCUT2D eigenvalue weighted by Crippen LogP contribution is 2.17. The quantitative estimate of drug-likeness (QED) is 0.247. The second-order valence-electron chi connectivity index (χ2n) is 7.87. The molecule has 0 aliphatic rings. The lowest BCUT2D eigenvalue weighted by molar-refractivity contribution is -0.123. The SMILES string of the molecule is NS(=O)(=O)NCCCCC(NC(=O)c1ccc(F)cc1)C(=O)NCCc1c[nH]c2ccccc12. The highest BCUT2D eigenvalue weighted by atomic mass is 32.2. The van der Waals surface area contributed by atoms with Crippen molar-refractivity contribution >= 4 is 32.9 Å². The summed E-state index contributed by atoms with van der Waals surface area (Å²) in [6.07, 6.45) is 3.70. The van der Waals surface area contributed by atoms with Gasteiger partial charge < -0.3 is 15.6 Å². The Morgan fingerprint density at radius 1 is 1.03 bits per heavy atom. The topological polar surface area (TPSA) is 146 Å². The number of amides is 2. The number of H-pyrrole nitrogens is 1. The summed E-state index contributed by atoms with van der Waals surface area (Å²) in [6.45, 7) is 0.496. The summed E-state index contributed by atoms with van der Waals surface area (Å²) in [5, 5.41) is 11.5. The maximum absolute atomic E-state index is 13.2. The summed E-state index contributed by atoms with van der Waals surface area (Å²) >= 11 is 0. The zero-order chi connectivity index (χ0) is 24.6. The Kier molecular flexibility index (Phi) is 8.74. The first-order chi connectivity index (χ1) is 16.2. The molecule has 1 aromatic heterocycles. The second kappa shape index (κ2) is 11.7. The van der Waals surface area contributed by atoms with E-state index in [-0.39, 0.29) is 24.4 Å². The minimum Gasteiger partial charge on any atom is -0.361 e. The molecular weight excluding hydrogens is 461 g/mol. The van der Waals surface area contributed by atoms with Crippen molar-refractivity contribution in [2.75, 3.05) is 13.1 Å². The number of aromatic amines is 1. The normalized spacial score (nSPS) is 12.4. The Morgan fingerprint density at radius 2 is 1.76 bits per heavy atom. The van der Waals surface area contributed by atoms with Gasteiger partial charge in [0, 0.05) is 35.8 Å². The zero-order valence-corrected chi connectivity index (χ0v) is 19.3. The summed E-state index contributed by atoms with van der Waals surface area (Å²) in [5.41, 5.74) is 2.31. The number of unbranched alkanes of at least 4 members (excludes halogenated alkanes) is 1. The molecule has 3 aromatic rings. The molecule has 0 fully saturated rings. The number of carbonyl (C=O) groups is 2. The third kappa shape index (κ3) is 7.65. The van der Waals surface area contributed by atoms with Crippen LogP contribution >= 0.6 is 0 Å². The smallest absolute Gasteiger partial charge is 0.274 e. The average molecular weight is 490 g/mol. The monoisotopic (exact) mass is 489 g/mol. The van der Waals surface area contributed by atoms with Crippen LogP contribution < -0.4 is 20.5 Å². The molecule has 11 heteroatoms. The zero-order valence-electron chi connectivity index (χ0n) is 18.5. The Hall–Kier alpha value is -3.28. The van der Waals surface area contributed by atoms with E-state index in [0.29, 0.717) is 25.8 Å². The number of fused-ring (bicyclic) bond motifs is 1. The predicted molar refractivity (Wildman–Crippen MR) is 128 cm³/mol. The van der Waals surface area contributed by atoms with Crippen molar-refractivity contribution < 1.29 is 22.4 Å². The van der Waals surface area contributed by atoms with Crippen molar-refractivity contribution in [2.45, 2.75) is 31.7 Å². The summed E-state index contributed by atoms with van der Waals surface area (Å²) in [5.74, 6) is -1.32. The molecule has 1 heterocycles. The molecule has 1 atom stereocenters. The summed E-state index contributed by atoms with van der Waals surface area (Å²) in [4.78, 5) is 28.6. The van der Waals surface area contributed by atoms with Crippen LogP contribution in [0.2, 0.25) is 0 Å². The van der Waals surface area contributed by atoms with Crippen LogP contribution in [0.5, 0.6) is 0 Å². The summed E-state index contributed by atoms with van der Waals surface area (Å²) < 4.78 is 37.3. The van der Waals surface area contributed by atoms with Gasteiger partial charge in [-0.3, -0.25) is 9.59 Å². The highest BCUT2D eigenvalue weighted by molar-refractivity contribution is 7.87. The van der Waals surface area contributed by atoms with Gasteiger partial charge in [0.05, 0.1) is 0 Å². The molecule has 2 aromatic carbocycles. The number of halogens is 1. The van der Waals surface area contributed by atoms with Crippen molar-refractivity contribution in [3.8, 4) is 0 Å². The van der Waals surface area contributed by atoms with E-state index in [2.05, 4.69) is 20.3 Å². The first-order valence-electron chi connectivity index (χ1n) is 10.9. The van der Waals surface area contributed by atoms with E-state index in [1.54, 1.807) is 0 Å². The Bertz CT molecular complexity index is 1230. The van der Waals surface area contributed by atoms with E-state index in [1.165, 1.54) is 24.3 Å². The fraction of sp³-hybridized carbons (Fsp3) is 0.304. The summed E-state index contributed by atoms with van der Waals surface area (Å²) in [6, 6.07) is 12.1. The predicted octanol–water partition coefficient (Wildman–Crippen LogP) is 1.73. The number of nitrogens with two attached hydrogens (primary N) is 1. The lowest BCUT2D eigenvalue weighted by atomic mass is 10.1. The van der Waals surface area contributed by atoms with Crippen molar-refractivity contribution in [1.82, 2.24) is 20.3 Å². The van der Waals surface area contributed by atoms with Gasteiger partial charge in [-0.25, -0.2) is 14.3 Å². The van der Waals surface area contributed by atoms with E-state index >= 15 is 0 Å². The maximum Gasteiger partial charge on any atom is 0.274 e. The molecule has 0 saturated heterocycles. The number of hydrogen-bond donors (Lipinski definition) is 5. The minimum atomic E-state index is -3.78. The number of rotatable bonds is 12. The largest absolute Gasteiger partial charge is 0.361 e. The second-order valence-corrected chi connectivity index (χ2v) is 9.25. The lowest BCUT2D eigenvalue weighted by Crippen LogP contribution is -2.47. The number of benzene rings is 2. The van der Waals surface area contributed by atoms with Gasteiger partial charge in [-0.2, -0.15) is 8.42 Å². The van der Waals surface area contributed by atoms with Crippen LogP contribution in [0.15, 0.2) is 54.7 Å². The van der Waals surface area contributed by atoms with Crippen molar-refractivity contribution in [2.24, 2.45) is 5.14 Å². The van der Waals surface area contributed by atoms with Crippen LogP contribution in [-0.4, -0.2) is 44.3 Å². The lowest BCUT2D eigenvalue weighted by Gasteiger charge is -2.19. The number of nitrogens with one attached hydrogen (secondary N) is 4. The van der Waals surface area contributed by atoms with Crippen molar-refractivity contribution in [1.29, 1.82) is 0 Å². The van der Waals surface area contributed by atoms with E-state index in [0.717, 1.165) is 16.5 Å². The Labute approximate surface area is 197 Å². The molecule has 0 aliphatic heterocycles. The molecule has 2 amide bonds. The molecule has 34 heavy (non-hydrogen) atoms. The molecule has 0 bridgehead atoms. The fourth-order valence-corrected chi connectivity index (χ4v) is 4.01. The number of hydrogen-bond acceptors (Lipinski definition) is 4. The molecule has 0 aliphatic carbocycles. The van der Waals surface area contributed by atoms with Gasteiger partial charge in [-0.1, -0.05) is 18.2 Å². The molecular formula is C23H28FN5O4S.